The molecule has 0 bridgehead atoms. The summed E-state index contributed by atoms with van der Waals surface area (Å²) in [4.78, 5) is 4.19. The highest BCUT2D eigenvalue weighted by molar-refractivity contribution is 7.13. The number of ether oxygens (including phenoxy) is 1. The van der Waals surface area contributed by atoms with Crippen LogP contribution in [0.2, 0.25) is 0 Å². The van der Waals surface area contributed by atoms with Gasteiger partial charge in [-0.1, -0.05) is 0 Å². The van der Waals surface area contributed by atoms with Crippen molar-refractivity contribution < 1.29 is 21.7 Å². The van der Waals surface area contributed by atoms with E-state index in [0.717, 1.165) is 17.0 Å². The fraction of sp³-hybridized carbons (Fsp3) is 0.100. The third-order valence-corrected chi connectivity index (χ3v) is 2.58. The number of anilines is 1. The van der Waals surface area contributed by atoms with Gasteiger partial charge in [-0.3, -0.25) is 0 Å². The second-order valence-corrected chi connectivity index (χ2v) is 3.69. The molecule has 2 rings (SSSR count). The van der Waals surface area contributed by atoms with Crippen molar-refractivity contribution in [2.45, 2.75) is 0 Å². The van der Waals surface area contributed by atoms with Crippen molar-refractivity contribution >= 4 is 16.5 Å². The van der Waals surface area contributed by atoms with Crippen molar-refractivity contribution in [2.75, 3.05) is 12.8 Å². The van der Waals surface area contributed by atoms with Crippen molar-refractivity contribution in [3.05, 3.63) is 29.6 Å². The Morgan fingerprint density at radius 2 is 1.93 bits per heavy atom. The van der Waals surface area contributed by atoms with Gasteiger partial charge in [0.25, 0.3) is 0 Å². The lowest BCUT2D eigenvalue weighted by molar-refractivity contribution is -0.00000316. The molecule has 0 amide bonds. The van der Waals surface area contributed by atoms with Crippen LogP contribution < -0.4 is 27.5 Å². The van der Waals surface area contributed by atoms with Gasteiger partial charge >= 0.3 is 0 Å². The molecule has 3 nitrogen and oxygen atoms in total. The Bertz CT molecular complexity index is 427. The predicted molar refractivity (Wildman–Crippen MR) is 58.5 cm³/mol. The average molecular weight is 286 g/mol. The van der Waals surface area contributed by atoms with Gasteiger partial charge in [0.2, 0.25) is 0 Å². The Morgan fingerprint density at radius 3 is 2.40 bits per heavy atom. The van der Waals surface area contributed by atoms with Crippen LogP contribution in [-0.4, -0.2) is 12.1 Å². The lowest BCUT2D eigenvalue weighted by Gasteiger charge is -2.00. The number of nitrogen functional groups attached to an aromatic ring is 1. The fourth-order valence-corrected chi connectivity index (χ4v) is 1.75. The van der Waals surface area contributed by atoms with E-state index in [0.29, 0.717) is 5.13 Å². The van der Waals surface area contributed by atoms with Crippen molar-refractivity contribution in [3.8, 4) is 17.0 Å². The molecule has 2 aromatic rings. The van der Waals surface area contributed by atoms with E-state index in [1.54, 1.807) is 7.11 Å². The first-order valence-corrected chi connectivity index (χ1v) is 5.03. The zero-order valence-electron chi connectivity index (χ0n) is 8.11. The maximum atomic E-state index is 5.55. The molecule has 1 aromatic carbocycles. The van der Waals surface area contributed by atoms with Gasteiger partial charge in [-0.05, 0) is 24.3 Å². The van der Waals surface area contributed by atoms with Gasteiger partial charge in [0.15, 0.2) is 5.13 Å². The lowest BCUT2D eigenvalue weighted by Crippen LogP contribution is -3.00. The van der Waals surface area contributed by atoms with Crippen LogP contribution in [0.4, 0.5) is 5.13 Å². The first kappa shape index (κ1) is 12.0. The van der Waals surface area contributed by atoms with Crippen molar-refractivity contribution in [2.24, 2.45) is 0 Å². The van der Waals surface area contributed by atoms with Gasteiger partial charge in [0, 0.05) is 10.9 Å². The van der Waals surface area contributed by atoms with Crippen LogP contribution >= 0.6 is 11.3 Å². The standard InChI is InChI=1S/C10H10N2OS.BrH/c1-13-8-4-2-7(3-5-8)9-6-14-10(11)12-9;/h2-6H,1H3,(H2,11,12);1H/p-1. The van der Waals surface area contributed by atoms with E-state index in [-0.39, 0.29) is 17.0 Å². The van der Waals surface area contributed by atoms with E-state index in [1.807, 2.05) is 29.6 Å². The zero-order chi connectivity index (χ0) is 9.97. The van der Waals surface area contributed by atoms with Gasteiger partial charge < -0.3 is 27.5 Å². The van der Waals surface area contributed by atoms with Crippen LogP contribution in [0.5, 0.6) is 5.75 Å². The monoisotopic (exact) mass is 285 g/mol. The zero-order valence-corrected chi connectivity index (χ0v) is 10.5. The molecule has 2 N–H and O–H groups in total. The molecule has 0 saturated carbocycles. The van der Waals surface area contributed by atoms with Gasteiger partial charge in [0.1, 0.15) is 5.75 Å². The summed E-state index contributed by atoms with van der Waals surface area (Å²) in [5, 5.41) is 2.53. The summed E-state index contributed by atoms with van der Waals surface area (Å²) in [5.41, 5.74) is 7.52. The highest BCUT2D eigenvalue weighted by Gasteiger charge is 2.01. The average Bonchev–Trinajstić information content (AvgIpc) is 2.65. The van der Waals surface area contributed by atoms with Crippen LogP contribution in [0.3, 0.4) is 0 Å². The maximum absolute atomic E-state index is 5.55. The number of nitrogens with two attached hydrogens (primary N) is 1. The van der Waals surface area contributed by atoms with Crippen molar-refractivity contribution in [3.63, 3.8) is 0 Å². The van der Waals surface area contributed by atoms with Gasteiger partial charge in [-0.15, -0.1) is 11.3 Å². The molecular formula is C10H10BrN2OS-. The van der Waals surface area contributed by atoms with E-state index in [2.05, 4.69) is 4.98 Å². The number of aromatic nitrogens is 1. The molecule has 1 aromatic heterocycles. The first-order valence-electron chi connectivity index (χ1n) is 4.15. The summed E-state index contributed by atoms with van der Waals surface area (Å²) >= 11 is 1.44. The van der Waals surface area contributed by atoms with Crippen LogP contribution in [0.15, 0.2) is 29.6 Å². The number of benzene rings is 1. The molecule has 0 aliphatic carbocycles. The number of halogens is 1. The lowest BCUT2D eigenvalue weighted by atomic mass is 10.2. The quantitative estimate of drug-likeness (QED) is 0.802. The van der Waals surface area contributed by atoms with Gasteiger partial charge in [-0.25, -0.2) is 4.98 Å². The highest BCUT2D eigenvalue weighted by Crippen LogP contribution is 2.24. The van der Waals surface area contributed by atoms with Crippen LogP contribution in [0, 0.1) is 0 Å². The second-order valence-electron chi connectivity index (χ2n) is 2.80. The number of nitrogens with zero attached hydrogens (tertiary/aromatic N) is 1. The number of thiazole rings is 1. The normalized spacial score (nSPS) is 9.40. The number of hydrogen-bond acceptors (Lipinski definition) is 4. The largest absolute Gasteiger partial charge is 1.00 e. The molecular weight excluding hydrogens is 276 g/mol. The molecule has 80 valence electrons. The molecule has 0 saturated heterocycles. The SMILES string of the molecule is COc1ccc(-c2csc(N)n2)cc1.[Br-]. The number of hydrogen-bond donors (Lipinski definition) is 1. The fourth-order valence-electron chi connectivity index (χ4n) is 1.18. The summed E-state index contributed by atoms with van der Waals surface area (Å²) in [6, 6.07) is 7.75. The Balaban J connectivity index is 0.00000112. The summed E-state index contributed by atoms with van der Waals surface area (Å²) in [6.45, 7) is 0. The molecule has 0 aliphatic heterocycles. The number of methoxy groups -OCH3 is 1. The molecule has 5 heteroatoms. The number of rotatable bonds is 2. The molecule has 0 spiro atoms. The molecule has 1 heterocycles. The van der Waals surface area contributed by atoms with Crippen molar-refractivity contribution in [1.29, 1.82) is 0 Å². The van der Waals surface area contributed by atoms with E-state index in [9.17, 15) is 0 Å². The molecule has 0 radical (unpaired) electrons. The van der Waals surface area contributed by atoms with E-state index >= 15 is 0 Å². The first-order chi connectivity index (χ1) is 6.79. The van der Waals surface area contributed by atoms with Gasteiger partial charge in [0.05, 0.1) is 12.8 Å². The minimum atomic E-state index is 0. The third-order valence-electron chi connectivity index (χ3n) is 1.91. The molecule has 0 unspecified atom stereocenters. The van der Waals surface area contributed by atoms with Crippen LogP contribution in [-0.2, 0) is 0 Å². The van der Waals surface area contributed by atoms with Crippen molar-refractivity contribution in [1.82, 2.24) is 4.98 Å². The van der Waals surface area contributed by atoms with E-state index < -0.39 is 0 Å². The van der Waals surface area contributed by atoms with Crippen LogP contribution in [0.25, 0.3) is 11.3 Å². The smallest absolute Gasteiger partial charge is 0.180 e. The summed E-state index contributed by atoms with van der Waals surface area (Å²) < 4.78 is 5.07. The molecule has 15 heavy (non-hydrogen) atoms. The Kier molecular flexibility index (Phi) is 4.11. The van der Waals surface area contributed by atoms with Crippen LogP contribution in [0.1, 0.15) is 0 Å². The minimum absolute atomic E-state index is 0. The van der Waals surface area contributed by atoms with E-state index in [4.69, 9.17) is 10.5 Å². The van der Waals surface area contributed by atoms with E-state index in [1.165, 1.54) is 11.3 Å². The second kappa shape index (κ2) is 5.14. The molecule has 0 atom stereocenters. The topological polar surface area (TPSA) is 48.1 Å². The minimum Gasteiger partial charge on any atom is -1.00 e. The Hall–Kier alpha value is -1.07. The molecule has 0 aliphatic rings. The highest BCUT2D eigenvalue weighted by atomic mass is 79.9. The Labute approximate surface area is 103 Å². The summed E-state index contributed by atoms with van der Waals surface area (Å²) in [7, 11) is 1.65. The molecule has 0 fully saturated rings. The summed E-state index contributed by atoms with van der Waals surface area (Å²) in [5.74, 6) is 0.844. The van der Waals surface area contributed by atoms with Gasteiger partial charge in [-0.2, -0.15) is 0 Å². The maximum Gasteiger partial charge on any atom is 0.180 e. The summed E-state index contributed by atoms with van der Waals surface area (Å²) in [6.07, 6.45) is 0. The Morgan fingerprint density at radius 1 is 1.27 bits per heavy atom. The predicted octanol–water partition coefficient (Wildman–Crippen LogP) is -0.595. The third kappa shape index (κ3) is 2.70.